The number of ether oxygens (including phenoxy) is 2. The van der Waals surface area contributed by atoms with Crippen LogP contribution in [-0.4, -0.2) is 60.7 Å². The number of aliphatic hydroxyl groups is 1. The monoisotopic (exact) mass is 363 g/mol. The number of rotatable bonds is 6. The Morgan fingerprint density at radius 2 is 1.75 bits per heavy atom. The normalized spacial score (nSPS) is 36.4. The summed E-state index contributed by atoms with van der Waals surface area (Å²) in [6.07, 6.45) is 3.61. The van der Waals surface area contributed by atoms with Crippen LogP contribution in [0.3, 0.4) is 0 Å². The second kappa shape index (κ2) is 10.3. The highest BCUT2D eigenvalue weighted by Gasteiger charge is 2.32. The third-order valence-corrected chi connectivity index (χ3v) is 5.74. The fourth-order valence-corrected chi connectivity index (χ4v) is 4.23. The number of nitrogens with zero attached hydrogens (tertiary/aromatic N) is 1. The summed E-state index contributed by atoms with van der Waals surface area (Å²) in [5.41, 5.74) is 0. The lowest BCUT2D eigenvalue weighted by Gasteiger charge is -2.40. The van der Waals surface area contributed by atoms with E-state index in [9.17, 15) is 5.11 Å². The molecule has 0 spiro atoms. The lowest BCUT2D eigenvalue weighted by molar-refractivity contribution is -0.0929. The molecule has 1 saturated heterocycles. The molecule has 2 aliphatic rings. The van der Waals surface area contributed by atoms with Crippen LogP contribution in [0.1, 0.15) is 53.9 Å². The first-order chi connectivity index (χ1) is 10.9. The van der Waals surface area contributed by atoms with E-state index in [1.54, 1.807) is 0 Å². The highest BCUT2D eigenvalue weighted by Crippen LogP contribution is 2.35. The smallest absolute Gasteiger partial charge is 0.0900 e. The minimum absolute atomic E-state index is 0. The van der Waals surface area contributed by atoms with Gasteiger partial charge in [-0.15, -0.1) is 12.4 Å². The van der Waals surface area contributed by atoms with Gasteiger partial charge in [-0.1, -0.05) is 27.2 Å². The van der Waals surface area contributed by atoms with Crippen molar-refractivity contribution in [2.45, 2.75) is 78.2 Å². The van der Waals surface area contributed by atoms with Crippen LogP contribution in [-0.2, 0) is 9.47 Å². The van der Waals surface area contributed by atoms with Crippen molar-refractivity contribution in [1.82, 2.24) is 4.90 Å². The molecule has 2 rings (SSSR count). The third kappa shape index (κ3) is 6.14. The summed E-state index contributed by atoms with van der Waals surface area (Å²) in [5, 5.41) is 10.5. The van der Waals surface area contributed by atoms with E-state index in [0.717, 1.165) is 25.6 Å². The summed E-state index contributed by atoms with van der Waals surface area (Å²) in [7, 11) is 0. The van der Waals surface area contributed by atoms with Crippen molar-refractivity contribution in [2.24, 2.45) is 17.8 Å². The largest absolute Gasteiger partial charge is 0.389 e. The third-order valence-electron chi connectivity index (χ3n) is 5.74. The zero-order valence-corrected chi connectivity index (χ0v) is 16.9. The molecule has 0 amide bonds. The van der Waals surface area contributed by atoms with E-state index in [1.165, 1.54) is 12.8 Å². The van der Waals surface area contributed by atoms with Gasteiger partial charge in [-0.05, 0) is 44.4 Å². The van der Waals surface area contributed by atoms with E-state index in [2.05, 4.69) is 39.5 Å². The molecule has 0 radical (unpaired) electrons. The van der Waals surface area contributed by atoms with Gasteiger partial charge in [0.05, 0.1) is 32.0 Å². The van der Waals surface area contributed by atoms with Crippen LogP contribution in [0.25, 0.3) is 0 Å². The lowest BCUT2D eigenvalue weighted by atomic mass is 9.75. The zero-order chi connectivity index (χ0) is 17.0. The van der Waals surface area contributed by atoms with Crippen LogP contribution in [0, 0.1) is 17.8 Å². The fourth-order valence-electron chi connectivity index (χ4n) is 4.23. The minimum atomic E-state index is -0.414. The Balaban J connectivity index is 0.00000288. The Hall–Kier alpha value is 0.130. The molecule has 0 aromatic rings. The molecule has 1 heterocycles. The molecule has 0 aromatic carbocycles. The van der Waals surface area contributed by atoms with Crippen LogP contribution < -0.4 is 0 Å². The van der Waals surface area contributed by atoms with Gasteiger partial charge in [0.15, 0.2) is 0 Å². The first-order valence-electron chi connectivity index (χ1n) is 9.51. The molecule has 24 heavy (non-hydrogen) atoms. The van der Waals surface area contributed by atoms with Crippen molar-refractivity contribution in [3.05, 3.63) is 0 Å². The summed E-state index contributed by atoms with van der Waals surface area (Å²) < 4.78 is 11.8. The van der Waals surface area contributed by atoms with Gasteiger partial charge in [-0.3, -0.25) is 4.90 Å². The van der Waals surface area contributed by atoms with Crippen molar-refractivity contribution < 1.29 is 14.6 Å². The number of halogens is 1. The van der Waals surface area contributed by atoms with Crippen LogP contribution in [0.4, 0.5) is 0 Å². The van der Waals surface area contributed by atoms with Gasteiger partial charge in [-0.2, -0.15) is 0 Å². The van der Waals surface area contributed by atoms with E-state index in [-0.39, 0.29) is 12.4 Å². The molecule has 2 fully saturated rings. The summed E-state index contributed by atoms with van der Waals surface area (Å²) in [5.74, 6) is 2.04. The standard InChI is InChI=1S/C19H37NO3.ClH/c1-13(2)18-7-6-14(3)8-19(18)23-12-17(21)9-20-15(4)10-22-11-16(20)5;/h13-19,21H,6-12H2,1-5H3;1H. The molecule has 1 aliphatic heterocycles. The number of morpholine rings is 1. The van der Waals surface area contributed by atoms with Crippen molar-refractivity contribution in [1.29, 1.82) is 0 Å². The molecule has 5 heteroatoms. The van der Waals surface area contributed by atoms with E-state index in [0.29, 0.717) is 43.2 Å². The first-order valence-corrected chi connectivity index (χ1v) is 9.51. The Morgan fingerprint density at radius 3 is 2.33 bits per heavy atom. The Kier molecular flexibility index (Phi) is 9.53. The van der Waals surface area contributed by atoms with Gasteiger partial charge >= 0.3 is 0 Å². The molecular formula is C19H38ClNO3. The number of β-amino-alcohol motifs (C(OH)–C–C–N with tert-alkyl or cyclic N) is 1. The molecule has 144 valence electrons. The zero-order valence-electron chi connectivity index (χ0n) is 16.1. The first kappa shape index (κ1) is 22.2. The highest BCUT2D eigenvalue weighted by molar-refractivity contribution is 5.85. The van der Waals surface area contributed by atoms with Crippen LogP contribution in [0.2, 0.25) is 0 Å². The average molecular weight is 364 g/mol. The molecule has 1 aliphatic carbocycles. The van der Waals surface area contributed by atoms with Crippen molar-refractivity contribution in [3.63, 3.8) is 0 Å². The summed E-state index contributed by atoms with van der Waals surface area (Å²) in [4.78, 5) is 2.35. The summed E-state index contributed by atoms with van der Waals surface area (Å²) in [6.45, 7) is 13.9. The minimum Gasteiger partial charge on any atom is -0.389 e. The maximum Gasteiger partial charge on any atom is 0.0900 e. The van der Waals surface area contributed by atoms with E-state index >= 15 is 0 Å². The van der Waals surface area contributed by atoms with E-state index < -0.39 is 6.10 Å². The summed E-state index contributed by atoms with van der Waals surface area (Å²) in [6, 6.07) is 0.734. The Bertz CT molecular complexity index is 346. The molecule has 4 nitrogen and oxygen atoms in total. The van der Waals surface area contributed by atoms with Crippen LogP contribution in [0.15, 0.2) is 0 Å². The molecule has 0 aromatic heterocycles. The van der Waals surface area contributed by atoms with Crippen LogP contribution >= 0.6 is 12.4 Å². The highest BCUT2D eigenvalue weighted by atomic mass is 35.5. The Morgan fingerprint density at radius 1 is 1.12 bits per heavy atom. The number of hydrogen-bond acceptors (Lipinski definition) is 4. The second-order valence-corrected chi connectivity index (χ2v) is 8.28. The molecule has 1 saturated carbocycles. The van der Waals surface area contributed by atoms with Crippen LogP contribution in [0.5, 0.6) is 0 Å². The van der Waals surface area contributed by atoms with Gasteiger partial charge in [0.25, 0.3) is 0 Å². The predicted molar refractivity (Wildman–Crippen MR) is 101 cm³/mol. The molecule has 6 atom stereocenters. The maximum atomic E-state index is 10.5. The van der Waals surface area contributed by atoms with Crippen molar-refractivity contribution in [3.8, 4) is 0 Å². The lowest BCUT2D eigenvalue weighted by Crippen LogP contribution is -2.52. The maximum absolute atomic E-state index is 10.5. The van der Waals surface area contributed by atoms with Gasteiger partial charge < -0.3 is 14.6 Å². The van der Waals surface area contributed by atoms with Gasteiger partial charge in [-0.25, -0.2) is 0 Å². The van der Waals surface area contributed by atoms with Crippen molar-refractivity contribution in [2.75, 3.05) is 26.4 Å². The van der Waals surface area contributed by atoms with E-state index in [4.69, 9.17) is 9.47 Å². The predicted octanol–water partition coefficient (Wildman–Crippen LogP) is 3.36. The molecule has 6 unspecified atom stereocenters. The quantitative estimate of drug-likeness (QED) is 0.785. The SMILES string of the molecule is CC1CCC(C(C)C)C(OCC(O)CN2C(C)COCC2C)C1.Cl. The second-order valence-electron chi connectivity index (χ2n) is 8.28. The topological polar surface area (TPSA) is 41.9 Å². The van der Waals surface area contributed by atoms with Gasteiger partial charge in [0, 0.05) is 18.6 Å². The number of hydrogen-bond donors (Lipinski definition) is 1. The number of aliphatic hydroxyl groups excluding tert-OH is 1. The van der Waals surface area contributed by atoms with Gasteiger partial charge in [0.1, 0.15) is 0 Å². The Labute approximate surface area is 154 Å². The van der Waals surface area contributed by atoms with E-state index in [1.807, 2.05) is 0 Å². The molecule has 1 N–H and O–H groups in total. The van der Waals surface area contributed by atoms with Gasteiger partial charge in [0.2, 0.25) is 0 Å². The average Bonchev–Trinajstić information content (AvgIpc) is 2.49. The fraction of sp³-hybridized carbons (Fsp3) is 1.00. The molecular weight excluding hydrogens is 326 g/mol. The van der Waals surface area contributed by atoms with Crippen molar-refractivity contribution >= 4 is 12.4 Å². The summed E-state index contributed by atoms with van der Waals surface area (Å²) >= 11 is 0. The molecule has 0 bridgehead atoms.